The van der Waals surface area contributed by atoms with Crippen LogP contribution in [-0.2, 0) is 6.54 Å². The molecule has 5 nitrogen and oxygen atoms in total. The maximum Gasteiger partial charge on any atom is 0.260 e. The molecule has 0 fully saturated rings. The summed E-state index contributed by atoms with van der Waals surface area (Å²) in [6.45, 7) is 4.89. The monoisotopic (exact) mass is 394 g/mol. The van der Waals surface area contributed by atoms with E-state index >= 15 is 0 Å². The Labute approximate surface area is 166 Å². The summed E-state index contributed by atoms with van der Waals surface area (Å²) in [6.07, 6.45) is 3.54. The van der Waals surface area contributed by atoms with Crippen LogP contribution in [0.5, 0.6) is 0 Å². The van der Waals surface area contributed by atoms with Gasteiger partial charge in [-0.15, -0.1) is 0 Å². The largest absolute Gasteiger partial charge is 0.282 e. The summed E-state index contributed by atoms with van der Waals surface area (Å²) in [5.41, 5.74) is 3.05. The summed E-state index contributed by atoms with van der Waals surface area (Å²) in [5.74, 6) is -0.541. The summed E-state index contributed by atoms with van der Waals surface area (Å²) in [7, 11) is 0. The molecule has 0 saturated heterocycles. The van der Waals surface area contributed by atoms with E-state index in [2.05, 4.69) is 10.1 Å². The molecule has 0 saturated carbocycles. The highest BCUT2D eigenvalue weighted by atomic mass is 32.1. The van der Waals surface area contributed by atoms with Gasteiger partial charge >= 0.3 is 0 Å². The molecule has 2 aromatic heterocycles. The van der Waals surface area contributed by atoms with Crippen molar-refractivity contribution in [2.75, 3.05) is 11.4 Å². The van der Waals surface area contributed by atoms with Crippen LogP contribution in [0.4, 0.5) is 9.52 Å². The van der Waals surface area contributed by atoms with Gasteiger partial charge in [-0.3, -0.25) is 14.4 Å². The van der Waals surface area contributed by atoms with Crippen molar-refractivity contribution in [1.82, 2.24) is 14.8 Å². The quantitative estimate of drug-likeness (QED) is 0.497. The van der Waals surface area contributed by atoms with Crippen LogP contribution >= 0.6 is 11.3 Å². The number of nitrogens with zero attached hydrogens (tertiary/aromatic N) is 4. The highest BCUT2D eigenvalue weighted by Crippen LogP contribution is 2.31. The number of halogens is 1. The fraction of sp³-hybridized carbons (Fsp3) is 0.190. The average Bonchev–Trinajstić information content (AvgIpc) is 3.34. The first kappa shape index (κ1) is 18.3. The number of carbonyl (C=O) groups is 1. The number of aryl methyl sites for hydroxylation is 2. The molecule has 0 bridgehead atoms. The average molecular weight is 394 g/mol. The van der Waals surface area contributed by atoms with Gasteiger partial charge in [-0.05, 0) is 55.3 Å². The van der Waals surface area contributed by atoms with Crippen LogP contribution in [-0.4, -0.2) is 27.2 Å². The van der Waals surface area contributed by atoms with Crippen LogP contribution in [0.15, 0.2) is 54.9 Å². The molecule has 0 aliphatic heterocycles. The van der Waals surface area contributed by atoms with Crippen molar-refractivity contribution < 1.29 is 9.18 Å². The molecular weight excluding hydrogens is 375 g/mol. The molecule has 4 rings (SSSR count). The van der Waals surface area contributed by atoms with Gasteiger partial charge in [0.15, 0.2) is 5.13 Å². The molecule has 0 aliphatic rings. The molecule has 0 aliphatic carbocycles. The van der Waals surface area contributed by atoms with Gasteiger partial charge in [0.05, 0.1) is 11.2 Å². The van der Waals surface area contributed by atoms with Gasteiger partial charge in [0.1, 0.15) is 11.3 Å². The van der Waals surface area contributed by atoms with Crippen molar-refractivity contribution in [3.05, 3.63) is 77.4 Å². The Kier molecular flexibility index (Phi) is 4.92. The molecule has 0 atom stereocenters. The zero-order valence-corrected chi connectivity index (χ0v) is 16.4. The van der Waals surface area contributed by atoms with Gasteiger partial charge in [0, 0.05) is 24.5 Å². The molecule has 28 heavy (non-hydrogen) atoms. The van der Waals surface area contributed by atoms with Gasteiger partial charge in [-0.25, -0.2) is 9.37 Å². The van der Waals surface area contributed by atoms with E-state index < -0.39 is 0 Å². The van der Waals surface area contributed by atoms with Crippen molar-refractivity contribution >= 4 is 32.6 Å². The maximum absolute atomic E-state index is 14.1. The molecule has 2 aromatic carbocycles. The van der Waals surface area contributed by atoms with Crippen LogP contribution < -0.4 is 4.90 Å². The number of aromatic nitrogens is 3. The third kappa shape index (κ3) is 3.53. The summed E-state index contributed by atoms with van der Waals surface area (Å²) in [5, 5.41) is 4.68. The highest BCUT2D eigenvalue weighted by Gasteiger charge is 2.22. The first-order valence-electron chi connectivity index (χ1n) is 8.94. The second-order valence-electron chi connectivity index (χ2n) is 6.61. The number of thiazole rings is 1. The number of amides is 1. The third-order valence-corrected chi connectivity index (χ3v) is 5.74. The molecule has 0 unspecified atom stereocenters. The number of anilines is 1. The summed E-state index contributed by atoms with van der Waals surface area (Å²) in [4.78, 5) is 19.3. The number of carbonyl (C=O) groups excluding carboxylic acids is 1. The second-order valence-corrected chi connectivity index (χ2v) is 7.62. The SMILES string of the molecule is Cc1ccc(C(=O)N(CCn2cccn2)c2nc3c(F)cccc3s2)cc1C. The van der Waals surface area contributed by atoms with Gasteiger partial charge in [0.2, 0.25) is 0 Å². The smallest absolute Gasteiger partial charge is 0.260 e. The topological polar surface area (TPSA) is 51.0 Å². The molecular formula is C21H19FN4OS. The van der Waals surface area contributed by atoms with Crippen LogP contribution in [0.3, 0.4) is 0 Å². The van der Waals surface area contributed by atoms with Gasteiger partial charge in [-0.2, -0.15) is 5.10 Å². The molecule has 2 heterocycles. The standard InChI is InChI=1S/C21H19FN4OS/c1-14-7-8-16(13-15(14)2)20(27)26(12-11-25-10-4-9-23-25)21-24-19-17(22)5-3-6-18(19)28-21/h3-10,13H,11-12H2,1-2H3. The highest BCUT2D eigenvalue weighted by molar-refractivity contribution is 7.22. The number of benzene rings is 2. The molecule has 0 N–H and O–H groups in total. The van der Waals surface area contributed by atoms with Crippen LogP contribution in [0, 0.1) is 19.7 Å². The van der Waals surface area contributed by atoms with E-state index in [1.807, 2.05) is 50.4 Å². The van der Waals surface area contributed by atoms with Gasteiger partial charge < -0.3 is 0 Å². The van der Waals surface area contributed by atoms with Crippen molar-refractivity contribution in [3.63, 3.8) is 0 Å². The van der Waals surface area contributed by atoms with E-state index in [0.717, 1.165) is 11.1 Å². The Hall–Kier alpha value is -3.06. The minimum atomic E-state index is -0.384. The van der Waals surface area contributed by atoms with E-state index in [1.54, 1.807) is 21.8 Å². The lowest BCUT2D eigenvalue weighted by molar-refractivity contribution is 0.0985. The third-order valence-electron chi connectivity index (χ3n) is 4.70. The number of fused-ring (bicyclic) bond motifs is 1. The predicted molar refractivity (Wildman–Crippen MR) is 109 cm³/mol. The Morgan fingerprint density at radius 3 is 2.75 bits per heavy atom. The first-order valence-corrected chi connectivity index (χ1v) is 9.76. The van der Waals surface area contributed by atoms with Crippen molar-refractivity contribution in [2.24, 2.45) is 0 Å². The lowest BCUT2D eigenvalue weighted by Gasteiger charge is -2.20. The van der Waals surface area contributed by atoms with Crippen molar-refractivity contribution in [1.29, 1.82) is 0 Å². The van der Waals surface area contributed by atoms with Gasteiger partial charge in [-0.1, -0.05) is 23.5 Å². The minimum absolute atomic E-state index is 0.158. The van der Waals surface area contributed by atoms with E-state index in [9.17, 15) is 9.18 Å². The molecule has 4 aromatic rings. The molecule has 0 radical (unpaired) electrons. The Morgan fingerprint density at radius 2 is 2.04 bits per heavy atom. The fourth-order valence-electron chi connectivity index (χ4n) is 2.97. The van der Waals surface area contributed by atoms with Crippen LogP contribution in [0.2, 0.25) is 0 Å². The summed E-state index contributed by atoms with van der Waals surface area (Å²) < 4.78 is 16.6. The Balaban J connectivity index is 1.72. The van der Waals surface area contributed by atoms with Gasteiger partial charge in [0.25, 0.3) is 5.91 Å². The Morgan fingerprint density at radius 1 is 1.18 bits per heavy atom. The number of rotatable bonds is 5. The number of hydrogen-bond acceptors (Lipinski definition) is 4. The number of para-hydroxylation sites is 1. The van der Waals surface area contributed by atoms with Crippen molar-refractivity contribution in [3.8, 4) is 0 Å². The predicted octanol–water partition coefficient (Wildman–Crippen LogP) is 4.60. The zero-order valence-electron chi connectivity index (χ0n) is 15.6. The second kappa shape index (κ2) is 7.52. The molecule has 1 amide bonds. The fourth-order valence-corrected chi connectivity index (χ4v) is 3.97. The Bertz CT molecular complexity index is 1140. The van der Waals surface area contributed by atoms with E-state index in [-0.39, 0.29) is 11.7 Å². The molecule has 142 valence electrons. The molecule has 7 heteroatoms. The zero-order chi connectivity index (χ0) is 19.7. The van der Waals surface area contributed by atoms with Crippen molar-refractivity contribution in [2.45, 2.75) is 20.4 Å². The van der Waals surface area contributed by atoms with E-state index in [4.69, 9.17) is 0 Å². The maximum atomic E-state index is 14.1. The number of hydrogen-bond donors (Lipinski definition) is 0. The summed E-state index contributed by atoms with van der Waals surface area (Å²) in [6, 6.07) is 12.3. The van der Waals surface area contributed by atoms with E-state index in [1.165, 1.54) is 17.4 Å². The minimum Gasteiger partial charge on any atom is -0.282 e. The normalized spacial score (nSPS) is 11.1. The first-order chi connectivity index (χ1) is 13.5. The lowest BCUT2D eigenvalue weighted by Crippen LogP contribution is -2.34. The van der Waals surface area contributed by atoms with Crippen LogP contribution in [0.25, 0.3) is 10.2 Å². The molecule has 0 spiro atoms. The summed E-state index contributed by atoms with van der Waals surface area (Å²) >= 11 is 1.31. The van der Waals surface area contributed by atoms with Crippen LogP contribution in [0.1, 0.15) is 21.5 Å². The lowest BCUT2D eigenvalue weighted by atomic mass is 10.1. The van der Waals surface area contributed by atoms with E-state index in [0.29, 0.717) is 34.0 Å².